The normalized spacial score (nSPS) is 12.3. The van der Waals surface area contributed by atoms with Crippen LogP contribution < -0.4 is 4.74 Å². The fourth-order valence-electron chi connectivity index (χ4n) is 3.59. The summed E-state index contributed by atoms with van der Waals surface area (Å²) in [7, 11) is 0. The predicted molar refractivity (Wildman–Crippen MR) is 121 cm³/mol. The number of rotatable bonds is 4. The molecular formula is C26H25F3N2O. The summed E-state index contributed by atoms with van der Waals surface area (Å²) in [4.78, 5) is 8.04. The van der Waals surface area contributed by atoms with E-state index in [1.165, 1.54) is 17.7 Å². The van der Waals surface area contributed by atoms with Gasteiger partial charge < -0.3 is 9.72 Å². The summed E-state index contributed by atoms with van der Waals surface area (Å²) >= 11 is 0. The lowest BCUT2D eigenvalue weighted by atomic mass is 9.87. The van der Waals surface area contributed by atoms with Crippen LogP contribution in [0, 0.1) is 6.92 Å². The van der Waals surface area contributed by atoms with Crippen LogP contribution in [0.3, 0.4) is 0 Å². The molecule has 0 amide bonds. The van der Waals surface area contributed by atoms with E-state index in [2.05, 4.69) is 42.9 Å². The summed E-state index contributed by atoms with van der Waals surface area (Å²) in [6, 6.07) is 17.3. The van der Waals surface area contributed by atoms with E-state index in [9.17, 15) is 13.2 Å². The number of aromatic amines is 1. The number of hydrogen-bond acceptors (Lipinski definition) is 2. The maximum atomic E-state index is 13.3. The molecule has 0 saturated heterocycles. The third-order valence-electron chi connectivity index (χ3n) is 5.52. The zero-order chi connectivity index (χ0) is 23.1. The van der Waals surface area contributed by atoms with E-state index >= 15 is 0 Å². The maximum Gasteiger partial charge on any atom is 0.416 e. The van der Waals surface area contributed by atoms with Crippen molar-refractivity contribution in [2.75, 3.05) is 0 Å². The Morgan fingerprint density at radius 1 is 0.938 bits per heavy atom. The van der Waals surface area contributed by atoms with Gasteiger partial charge in [-0.3, -0.25) is 0 Å². The molecule has 32 heavy (non-hydrogen) atoms. The lowest BCUT2D eigenvalue weighted by molar-refractivity contribution is -0.138. The minimum absolute atomic E-state index is 0.0248. The Bertz CT molecular complexity index is 1270. The van der Waals surface area contributed by atoms with Gasteiger partial charge in [-0.05, 0) is 47.7 Å². The van der Waals surface area contributed by atoms with Gasteiger partial charge in [-0.15, -0.1) is 0 Å². The number of H-pyrrole nitrogens is 1. The number of hydrogen-bond donors (Lipinski definition) is 1. The Labute approximate surface area is 185 Å². The standard InChI is InChI=1S/C26H25F3N2O/c1-16-9-10-17(24-30-21-12-11-19(25(2,3)4)14-22(21)31-24)13-23(16)32-15-18-7-5-6-8-20(18)26(27,28)29/h5-14H,15H2,1-4H3,(H,30,31). The monoisotopic (exact) mass is 438 g/mol. The SMILES string of the molecule is Cc1ccc(-c2nc3ccc(C(C)(C)C)cc3[nH]2)cc1OCc1ccccc1C(F)(F)F. The van der Waals surface area contributed by atoms with Gasteiger partial charge in [0.2, 0.25) is 0 Å². The molecule has 0 aliphatic rings. The van der Waals surface area contributed by atoms with Crippen LogP contribution in [0.1, 0.15) is 43.0 Å². The maximum absolute atomic E-state index is 13.3. The van der Waals surface area contributed by atoms with Gasteiger partial charge in [-0.1, -0.05) is 57.2 Å². The van der Waals surface area contributed by atoms with Crippen LogP contribution in [0.4, 0.5) is 13.2 Å². The molecule has 0 atom stereocenters. The number of benzene rings is 3. The van der Waals surface area contributed by atoms with Crippen molar-refractivity contribution in [2.24, 2.45) is 0 Å². The summed E-state index contributed by atoms with van der Waals surface area (Å²) in [5, 5.41) is 0. The molecule has 0 fully saturated rings. The van der Waals surface area contributed by atoms with Crippen LogP contribution in [0.2, 0.25) is 0 Å². The number of aryl methyl sites for hydroxylation is 1. The number of alkyl halides is 3. The molecule has 166 valence electrons. The first-order valence-electron chi connectivity index (χ1n) is 10.4. The minimum Gasteiger partial charge on any atom is -0.489 e. The third-order valence-corrected chi connectivity index (χ3v) is 5.52. The lowest BCUT2D eigenvalue weighted by Crippen LogP contribution is -2.11. The Morgan fingerprint density at radius 2 is 1.69 bits per heavy atom. The Hall–Kier alpha value is -3.28. The van der Waals surface area contributed by atoms with Crippen molar-refractivity contribution in [2.45, 2.75) is 45.9 Å². The van der Waals surface area contributed by atoms with Crippen LogP contribution >= 0.6 is 0 Å². The zero-order valence-electron chi connectivity index (χ0n) is 18.5. The molecule has 0 aliphatic heterocycles. The fraction of sp³-hybridized carbons (Fsp3) is 0.269. The molecule has 3 aromatic carbocycles. The van der Waals surface area contributed by atoms with Gasteiger partial charge in [-0.25, -0.2) is 4.98 Å². The average Bonchev–Trinajstić information content (AvgIpc) is 3.15. The number of aromatic nitrogens is 2. The van der Waals surface area contributed by atoms with Crippen molar-refractivity contribution in [3.63, 3.8) is 0 Å². The van der Waals surface area contributed by atoms with Crippen molar-refractivity contribution in [1.29, 1.82) is 0 Å². The van der Waals surface area contributed by atoms with Crippen LogP contribution in [0.5, 0.6) is 5.75 Å². The first-order valence-corrected chi connectivity index (χ1v) is 10.4. The highest BCUT2D eigenvalue weighted by Gasteiger charge is 2.33. The van der Waals surface area contributed by atoms with E-state index in [1.54, 1.807) is 6.07 Å². The highest BCUT2D eigenvalue weighted by Crippen LogP contribution is 2.33. The van der Waals surface area contributed by atoms with E-state index in [0.29, 0.717) is 11.6 Å². The minimum atomic E-state index is -4.42. The van der Waals surface area contributed by atoms with Gasteiger partial charge in [-0.2, -0.15) is 13.2 Å². The van der Waals surface area contributed by atoms with Crippen LogP contribution in [0.15, 0.2) is 60.7 Å². The molecule has 4 rings (SSSR count). The molecular weight excluding hydrogens is 413 g/mol. The third kappa shape index (κ3) is 4.49. The summed E-state index contributed by atoms with van der Waals surface area (Å²) < 4.78 is 45.6. The number of fused-ring (bicyclic) bond motifs is 1. The van der Waals surface area contributed by atoms with Crippen molar-refractivity contribution in [3.05, 3.63) is 82.9 Å². The van der Waals surface area contributed by atoms with Gasteiger partial charge in [0.1, 0.15) is 18.2 Å². The highest BCUT2D eigenvalue weighted by molar-refractivity contribution is 5.80. The first kappa shape index (κ1) is 21.9. The van der Waals surface area contributed by atoms with Crippen LogP contribution in [0.25, 0.3) is 22.4 Å². The predicted octanol–water partition coefficient (Wildman–Crippen LogP) is 7.43. The molecule has 0 radical (unpaired) electrons. The fourth-order valence-corrected chi connectivity index (χ4v) is 3.59. The van der Waals surface area contributed by atoms with Crippen LogP contribution in [-0.4, -0.2) is 9.97 Å². The summed E-state index contributed by atoms with van der Waals surface area (Å²) in [5.41, 5.74) is 4.09. The molecule has 0 aliphatic carbocycles. The second kappa shape index (κ2) is 8.01. The Kier molecular flexibility index (Phi) is 5.49. The second-order valence-corrected chi connectivity index (χ2v) is 8.99. The summed E-state index contributed by atoms with van der Waals surface area (Å²) in [6.07, 6.45) is -4.42. The molecule has 0 unspecified atom stereocenters. The molecule has 0 bridgehead atoms. The molecule has 1 aromatic heterocycles. The number of halogens is 3. The summed E-state index contributed by atoms with van der Waals surface area (Å²) in [5.74, 6) is 1.21. The van der Waals surface area contributed by atoms with Gasteiger partial charge in [0, 0.05) is 11.1 Å². The van der Waals surface area contributed by atoms with Crippen molar-refractivity contribution >= 4 is 11.0 Å². The topological polar surface area (TPSA) is 37.9 Å². The number of imidazole rings is 1. The van der Waals surface area contributed by atoms with Crippen molar-refractivity contribution < 1.29 is 17.9 Å². The van der Waals surface area contributed by atoms with Crippen LogP contribution in [-0.2, 0) is 18.2 Å². The molecule has 6 heteroatoms. The number of nitrogens with zero attached hydrogens (tertiary/aromatic N) is 1. The highest BCUT2D eigenvalue weighted by atomic mass is 19.4. The molecule has 1 N–H and O–H groups in total. The first-order chi connectivity index (χ1) is 15.0. The van der Waals surface area contributed by atoms with Crippen molar-refractivity contribution in [1.82, 2.24) is 9.97 Å². The van der Waals surface area contributed by atoms with Gasteiger partial charge >= 0.3 is 6.18 Å². The molecule has 4 aromatic rings. The van der Waals surface area contributed by atoms with E-state index in [1.807, 2.05) is 31.2 Å². The Balaban J connectivity index is 1.63. The number of nitrogens with one attached hydrogen (secondary N) is 1. The average molecular weight is 438 g/mol. The van der Waals surface area contributed by atoms with E-state index in [4.69, 9.17) is 4.74 Å². The quantitative estimate of drug-likeness (QED) is 0.360. The molecule has 0 spiro atoms. The second-order valence-electron chi connectivity index (χ2n) is 8.99. The zero-order valence-corrected chi connectivity index (χ0v) is 18.5. The van der Waals surface area contributed by atoms with E-state index in [0.717, 1.165) is 28.2 Å². The number of ether oxygens (including phenoxy) is 1. The Morgan fingerprint density at radius 3 is 2.41 bits per heavy atom. The molecule has 3 nitrogen and oxygen atoms in total. The molecule has 1 heterocycles. The van der Waals surface area contributed by atoms with Gasteiger partial charge in [0.05, 0.1) is 16.6 Å². The van der Waals surface area contributed by atoms with E-state index in [-0.39, 0.29) is 17.6 Å². The largest absolute Gasteiger partial charge is 0.489 e. The van der Waals surface area contributed by atoms with Gasteiger partial charge in [0.15, 0.2) is 0 Å². The smallest absolute Gasteiger partial charge is 0.416 e. The lowest BCUT2D eigenvalue weighted by Gasteiger charge is -2.18. The molecule has 0 saturated carbocycles. The van der Waals surface area contributed by atoms with E-state index < -0.39 is 11.7 Å². The van der Waals surface area contributed by atoms with Gasteiger partial charge in [0.25, 0.3) is 0 Å². The van der Waals surface area contributed by atoms with Crippen molar-refractivity contribution in [3.8, 4) is 17.1 Å². The summed E-state index contributed by atoms with van der Waals surface area (Å²) in [6.45, 7) is 8.17.